The molecule has 42 nitrogen and oxygen atoms in total. The Morgan fingerprint density at radius 1 is 0.504 bits per heavy atom. The number of likely N-dealkylation sites (tertiary alicyclic amines) is 1. The molecule has 11 unspecified atom stereocenters. The number of aromatic carboxylic acids is 1. The Morgan fingerprint density at radius 3 is 1.44 bits per heavy atom. The summed E-state index contributed by atoms with van der Waals surface area (Å²) in [5, 5.41) is 93.6. The van der Waals surface area contributed by atoms with E-state index < -0.39 is 163 Å². The van der Waals surface area contributed by atoms with Crippen LogP contribution < -0.4 is 31.9 Å². The van der Waals surface area contributed by atoms with E-state index in [1.807, 2.05) is 11.8 Å². The molecule has 135 heavy (non-hydrogen) atoms. The first-order chi connectivity index (χ1) is 62.5. The molecule has 792 valence electrons. The van der Waals surface area contributed by atoms with Crippen LogP contribution in [0.2, 0.25) is 0 Å². The Hall–Kier alpha value is -3.09. The Bertz CT molecular complexity index is 4750. The molecule has 2 aliphatic heterocycles. The maximum absolute atomic E-state index is 11.1. The van der Waals surface area contributed by atoms with Gasteiger partial charge in [-0.3, -0.25) is 36.8 Å². The molecule has 0 amide bonds. The van der Waals surface area contributed by atoms with E-state index in [0.717, 1.165) is 169 Å². The fourth-order valence-electron chi connectivity index (χ4n) is 21.0. The molecule has 11 atom stereocenters. The van der Waals surface area contributed by atoms with Crippen molar-refractivity contribution in [3.8, 4) is 0 Å². The van der Waals surface area contributed by atoms with Crippen molar-refractivity contribution in [3.63, 3.8) is 0 Å². The number of β-amino-alcohol motifs (C(OH)–C–C–N with tert-alkyl or cyclic N) is 2. The molecule has 10 aliphatic carbocycles. The zero-order valence-electron chi connectivity index (χ0n) is 79.0. The molecule has 11 fully saturated rings. The number of hydrogen-bond acceptors (Lipinski definition) is 33. The third-order valence-corrected chi connectivity index (χ3v) is 33.5. The molecular formula is C85H160N9O33S8-. The first-order valence-corrected chi connectivity index (χ1v) is 60.2. The fraction of sp³-hybridized carbons (Fsp3) is 0.894. The number of H-pyrrole nitrogens is 1. The van der Waals surface area contributed by atoms with Crippen molar-refractivity contribution in [1.29, 1.82) is 0 Å². The predicted octanol–water partition coefficient (Wildman–Crippen LogP) is 2.87. The van der Waals surface area contributed by atoms with Crippen molar-refractivity contribution in [2.45, 2.75) is 281 Å². The van der Waals surface area contributed by atoms with Gasteiger partial charge in [-0.15, -0.1) is 0 Å². The van der Waals surface area contributed by atoms with Crippen molar-refractivity contribution in [1.82, 2.24) is 46.7 Å². The van der Waals surface area contributed by atoms with Gasteiger partial charge in [0.1, 0.15) is 28.8 Å². The van der Waals surface area contributed by atoms with Gasteiger partial charge in [-0.2, -0.15) is 58.9 Å². The molecule has 10 saturated carbocycles. The van der Waals surface area contributed by atoms with Crippen LogP contribution in [0.5, 0.6) is 0 Å². The van der Waals surface area contributed by atoms with Gasteiger partial charge in [-0.05, 0) is 283 Å². The van der Waals surface area contributed by atoms with Gasteiger partial charge in [0.2, 0.25) is 0 Å². The Balaban J connectivity index is 0.000000275. The van der Waals surface area contributed by atoms with Crippen molar-refractivity contribution in [2.75, 3.05) is 132 Å². The van der Waals surface area contributed by atoms with E-state index in [0.29, 0.717) is 74.0 Å². The van der Waals surface area contributed by atoms with Gasteiger partial charge in [0.15, 0.2) is 0 Å². The first kappa shape index (κ1) is 122. The van der Waals surface area contributed by atoms with E-state index in [-0.39, 0.29) is 62.2 Å². The quantitative estimate of drug-likeness (QED) is 0.0334. The molecule has 0 radical (unpaired) electrons. The molecule has 12 aliphatic rings. The highest BCUT2D eigenvalue weighted by Gasteiger charge is 2.51. The molecule has 1 aromatic carbocycles. The number of fused-ring (bicyclic) bond motifs is 5. The van der Waals surface area contributed by atoms with Crippen LogP contribution in [0.3, 0.4) is 0 Å². The van der Waals surface area contributed by atoms with Crippen LogP contribution in [0.15, 0.2) is 18.2 Å². The number of hydrogen-bond donors (Lipinski definition) is 22. The summed E-state index contributed by atoms with van der Waals surface area (Å²) >= 11 is 0. The molecule has 3 heterocycles. The number of rotatable bonds is 47. The first-order valence-electron chi connectivity index (χ1n) is 47.5. The molecule has 0 spiro atoms. The molecular weight excluding hydrogens is 1930 g/mol. The smallest absolute Gasteiger partial charge is 0.335 e. The van der Waals surface area contributed by atoms with Gasteiger partial charge >= 0.3 is 5.97 Å². The summed E-state index contributed by atoms with van der Waals surface area (Å²) in [6, 6.07) is 5.83. The summed E-state index contributed by atoms with van der Waals surface area (Å²) in [7, 11) is -32.5. The number of nitrogens with one attached hydrogen (secondary N) is 7. The van der Waals surface area contributed by atoms with E-state index >= 15 is 0 Å². The Labute approximate surface area is 801 Å². The number of benzene rings is 1. The van der Waals surface area contributed by atoms with Crippen molar-refractivity contribution in [2.24, 2.45) is 65.1 Å². The number of carboxylic acids is 1. The minimum atomic E-state index is -4.34. The second kappa shape index (κ2) is 57.6. The topological polar surface area (TPSA) is 711 Å². The van der Waals surface area contributed by atoms with E-state index in [1.54, 1.807) is 18.2 Å². The van der Waals surface area contributed by atoms with Gasteiger partial charge in [-0.25, -0.2) is 13.2 Å². The zero-order chi connectivity index (χ0) is 101. The highest BCUT2D eigenvalue weighted by molar-refractivity contribution is 7.87. The summed E-state index contributed by atoms with van der Waals surface area (Å²) in [4.78, 5) is 18.7. The standard InChI is InChI=1S/C16H20N2O5S.2C13H23NO4S.C10H19NO4S.C9H21NO3S.C8H19NO5S.C8H17NO4S.C8H19NO4S/c19-16(20)11-3-4-14-13(9-11)12-5-7-18(10-15(12)17-14)6-1-2-8-24(21,22)23;15-12(8-19(16,17)18)7-14-13-4-9-1-10(5-13)3-11(2-9)6-13;15-12(7-19(16,17)18)6-14-13-10-2-8-1-9(4-10)5-11(13)3-8;12-9(6-16(13,14)15)5-11-10-4-7-1-2-8(10)3-7;1-8(2)4-6-10-7-5-9(3)14(11,12)13;1-2-3-7(5-10)9-4-8(11)6-15(12,13)14;10-8(7-14(11,12)13)6-9-4-2-1-3-5-9;1-7(2)3-4-9-5-8(10)6-14(11,12)13/h3-4,9,17H,1-2,5-8,10H2,(H,19,20)(H,21,22,23);9-12,14-15H,1-8H2,(H,16,17,18);8-15H,1-7H2,(H,16,17,18);7-12H,1-6H2,(H,13,14,15);8-10H,4-7H2,1-3H3,(H,11,12,13);7-11H,2-6H2,1H3,(H,12,13,14);8,10H,1-7H2,(H,11,12,13);7-10H,3-6H2,1-2H3,(H,11,12,13)/p-1. The number of nitrogens with zero attached hydrogens (tertiary/aromatic N) is 2. The summed E-state index contributed by atoms with van der Waals surface area (Å²) in [5.74, 6) is 3.54. The van der Waals surface area contributed by atoms with Crippen LogP contribution >= 0.6 is 0 Å². The number of carbonyl (C=O) groups is 1. The van der Waals surface area contributed by atoms with E-state index in [9.17, 15) is 102 Å². The zero-order valence-corrected chi connectivity index (χ0v) is 85.5. The third kappa shape index (κ3) is 52.3. The SMILES string of the molecule is CC(C)CCNCC(O)CS(=O)(=O)O.CC(C)CCNCCC(C)S(=O)(=O)O.CCCC(CO)NCC(O)CS(=O)(=O)O.O=C(O)c1ccc2[nH]c3c(c2c1)CCN(CCCCS(=O)(=O)O)C3.O=S(=O)(O)CC(O)CN1CCCCC1.O=S(=O)(O)CC(O)CNC1C2CC3CC(C2)CC1C3.O=S(=O)(O)CC(O)CNC1CC2CCC1C2.O=S(=O)([O-])CC(O)CNC12CC3CC(CC(C3)C1)C2. The number of carboxylic acid groups (broad SMARTS) is 1. The maximum Gasteiger partial charge on any atom is 0.335 e. The Kier molecular flexibility index (Phi) is 52.2. The lowest BCUT2D eigenvalue weighted by Crippen LogP contribution is -2.59. The number of aliphatic hydroxyl groups excluding tert-OH is 7. The van der Waals surface area contributed by atoms with Crippen molar-refractivity contribution >= 4 is 97.8 Å². The van der Waals surface area contributed by atoms with Crippen LogP contribution in [-0.2, 0) is 93.9 Å². The van der Waals surface area contributed by atoms with Crippen molar-refractivity contribution in [3.05, 3.63) is 35.0 Å². The average molecular weight is 2090 g/mol. The maximum atomic E-state index is 11.1. The van der Waals surface area contributed by atoms with Gasteiger partial charge < -0.3 is 87.2 Å². The van der Waals surface area contributed by atoms with Crippen LogP contribution in [0, 0.1) is 65.1 Å². The summed E-state index contributed by atoms with van der Waals surface area (Å²) in [5.41, 5.74) is 3.59. The summed E-state index contributed by atoms with van der Waals surface area (Å²) in [6.07, 6.45) is 22.2. The number of aliphatic hydroxyl groups is 7. The van der Waals surface area contributed by atoms with Crippen LogP contribution in [0.25, 0.3) is 10.9 Å². The normalized spacial score (nSPS) is 26.1. The minimum absolute atomic E-state index is 0.0328. The minimum Gasteiger partial charge on any atom is -0.748 e. The average Bonchev–Trinajstić information content (AvgIpc) is 1.42. The molecule has 1 saturated heterocycles. The van der Waals surface area contributed by atoms with Gasteiger partial charge in [0.05, 0.1) is 75.7 Å². The molecule has 10 bridgehead atoms. The van der Waals surface area contributed by atoms with E-state index in [2.05, 4.69) is 69.5 Å². The largest absolute Gasteiger partial charge is 0.748 e. The molecule has 14 rings (SSSR count). The number of piperidine rings is 1. The van der Waals surface area contributed by atoms with Gasteiger partial charge in [0.25, 0.3) is 70.8 Å². The van der Waals surface area contributed by atoms with E-state index in [4.69, 9.17) is 47.2 Å². The van der Waals surface area contributed by atoms with Crippen LogP contribution in [-0.4, -0.2) is 363 Å². The lowest BCUT2D eigenvalue weighted by atomic mass is 9.53. The van der Waals surface area contributed by atoms with E-state index in [1.165, 1.54) is 89.5 Å². The monoisotopic (exact) mass is 2090 g/mol. The number of aromatic nitrogens is 1. The molecule has 22 N–H and O–H groups in total. The third-order valence-electron chi connectivity index (χ3n) is 26.6. The molecule has 50 heteroatoms. The number of aromatic amines is 1. The second-order valence-corrected chi connectivity index (χ2v) is 52.4. The van der Waals surface area contributed by atoms with Crippen LogP contribution in [0.4, 0.5) is 0 Å². The highest BCUT2D eigenvalue weighted by Crippen LogP contribution is 2.56. The summed E-state index contributed by atoms with van der Waals surface area (Å²) < 4.78 is 240. The van der Waals surface area contributed by atoms with Crippen molar-refractivity contribution < 1.29 is 149 Å². The molecule has 2 aromatic rings. The fourth-order valence-corrected chi connectivity index (χ4v) is 25.6. The van der Waals surface area contributed by atoms with Gasteiger partial charge in [0, 0.05) is 92.6 Å². The predicted molar refractivity (Wildman–Crippen MR) is 512 cm³/mol. The Morgan fingerprint density at radius 2 is 0.978 bits per heavy atom. The van der Waals surface area contributed by atoms with Gasteiger partial charge in [-0.1, -0.05) is 53.9 Å². The lowest BCUT2D eigenvalue weighted by Gasteiger charge is -2.57. The highest BCUT2D eigenvalue weighted by atomic mass is 32.2. The lowest BCUT2D eigenvalue weighted by molar-refractivity contribution is -0.0239. The second-order valence-electron chi connectivity index (χ2n) is 40.1. The summed E-state index contributed by atoms with van der Waals surface area (Å²) in [6.45, 7) is 19.6. The number of unbranched alkanes of at least 4 members (excludes halogenated alkanes) is 1. The molecule has 1 aromatic heterocycles. The van der Waals surface area contributed by atoms with Crippen LogP contribution in [0.1, 0.15) is 224 Å².